The Morgan fingerprint density at radius 2 is 1.00 bits per heavy atom. The van der Waals surface area contributed by atoms with Crippen molar-refractivity contribution in [2.75, 3.05) is 0 Å². The molecule has 0 saturated heterocycles. The van der Waals surface area contributed by atoms with Gasteiger partial charge in [-0.15, -0.1) is 0 Å². The maximum atomic E-state index is 2.27. The maximum Gasteiger partial charge on any atom is 3.00 e. The number of hydrogen-bond acceptors (Lipinski definition) is 0. The third kappa shape index (κ3) is 21.5. The second kappa shape index (κ2) is 19.9. The van der Waals surface area contributed by atoms with E-state index in [1.807, 2.05) is 24.3 Å². The Bertz CT molecular complexity index is 390. The van der Waals surface area contributed by atoms with E-state index in [2.05, 4.69) is 58.9 Å². The van der Waals surface area contributed by atoms with Gasteiger partial charge in [0.2, 0.25) is 0 Å². The predicted molar refractivity (Wildman–Crippen MR) is 111 cm³/mol. The van der Waals surface area contributed by atoms with Gasteiger partial charge in [0.25, 0.3) is 0 Å². The maximum absolute atomic E-state index is 2.27. The predicted octanol–water partition coefficient (Wildman–Crippen LogP) is 8.17. The molecule has 25 heavy (non-hydrogen) atoms. The molecule has 0 nitrogen and oxygen atoms in total. The van der Waals surface area contributed by atoms with Crippen LogP contribution < -0.4 is 0 Å². The van der Waals surface area contributed by atoms with Crippen LogP contribution in [0.3, 0.4) is 0 Å². The summed E-state index contributed by atoms with van der Waals surface area (Å²) in [5.74, 6) is 1.59. The van der Waals surface area contributed by atoms with E-state index in [4.69, 9.17) is 0 Å². The fourth-order valence-corrected chi connectivity index (χ4v) is 2.38. The van der Waals surface area contributed by atoms with Crippen LogP contribution in [0.25, 0.3) is 0 Å². The molecule has 0 aromatic heterocycles. The second-order valence-corrected chi connectivity index (χ2v) is 7.00. The standard InChI is InChI=1S/C12H25.2C6H7.Zr/c1-4-5-6-7-8-9-10-11-12(2)3;2*1-6-4-2-3-5-6;/h4-11H2,1-3H3;2*2-5H,1H3;/q3*-1;+3. The summed E-state index contributed by atoms with van der Waals surface area (Å²) in [6.07, 6.45) is 11.3. The first-order valence-corrected chi connectivity index (χ1v) is 9.72. The van der Waals surface area contributed by atoms with Crippen molar-refractivity contribution in [1.29, 1.82) is 0 Å². The second-order valence-electron chi connectivity index (χ2n) is 7.00. The molecule has 2 rings (SSSR count). The van der Waals surface area contributed by atoms with Gasteiger partial charge in [0.15, 0.2) is 0 Å². The number of aryl methyl sites for hydroxylation is 2. The Balaban J connectivity index is 0. The molecule has 1 heteroatoms. The SMILES string of the molecule is CCCCCCCCC[C-](C)C.C[c-]1cccc1.C[c-]1cccc1.[Zr+3]. The summed E-state index contributed by atoms with van der Waals surface area (Å²) >= 11 is 0. The molecule has 0 unspecified atom stereocenters. The van der Waals surface area contributed by atoms with Gasteiger partial charge in [0.05, 0.1) is 0 Å². The molecule has 0 fully saturated rings. The van der Waals surface area contributed by atoms with Crippen molar-refractivity contribution in [1.82, 2.24) is 0 Å². The third-order valence-electron chi connectivity index (χ3n) is 3.94. The zero-order chi connectivity index (χ0) is 18.0. The fourth-order valence-electron chi connectivity index (χ4n) is 2.38. The Morgan fingerprint density at radius 3 is 1.28 bits per heavy atom. The Morgan fingerprint density at radius 1 is 0.640 bits per heavy atom. The van der Waals surface area contributed by atoms with Gasteiger partial charge in [-0.1, -0.05) is 65.7 Å². The molecule has 0 saturated carbocycles. The van der Waals surface area contributed by atoms with Crippen LogP contribution >= 0.6 is 0 Å². The van der Waals surface area contributed by atoms with E-state index in [0.29, 0.717) is 0 Å². The molecule has 2 aromatic carbocycles. The third-order valence-corrected chi connectivity index (χ3v) is 3.94. The zero-order valence-electron chi connectivity index (χ0n) is 17.3. The molecule has 0 bridgehead atoms. The van der Waals surface area contributed by atoms with E-state index in [-0.39, 0.29) is 26.2 Å². The summed E-state index contributed by atoms with van der Waals surface area (Å²) in [4.78, 5) is 0. The molecular formula is C24H39Zr. The molecule has 1 radical (unpaired) electrons. The summed E-state index contributed by atoms with van der Waals surface area (Å²) in [6, 6.07) is 16.5. The van der Waals surface area contributed by atoms with Gasteiger partial charge in [-0.25, -0.2) is 24.3 Å². The Hall–Kier alpha value is -0.417. The number of rotatable bonds is 8. The smallest absolute Gasteiger partial charge is 0.320 e. The van der Waals surface area contributed by atoms with Crippen molar-refractivity contribution >= 4 is 0 Å². The van der Waals surface area contributed by atoms with Crippen LogP contribution in [0, 0.1) is 19.8 Å². The number of unbranched alkanes of at least 4 members (excludes halogenated alkanes) is 6. The summed E-state index contributed by atoms with van der Waals surface area (Å²) in [7, 11) is 0. The summed E-state index contributed by atoms with van der Waals surface area (Å²) < 4.78 is 0. The molecule has 0 aliphatic carbocycles. The molecule has 0 aliphatic heterocycles. The van der Waals surface area contributed by atoms with Crippen LogP contribution in [0.2, 0.25) is 0 Å². The molecule has 0 atom stereocenters. The van der Waals surface area contributed by atoms with E-state index in [1.165, 1.54) is 62.5 Å². The van der Waals surface area contributed by atoms with Gasteiger partial charge < -0.3 is 5.92 Å². The van der Waals surface area contributed by atoms with Gasteiger partial charge >= 0.3 is 26.2 Å². The summed E-state index contributed by atoms with van der Waals surface area (Å²) in [5, 5.41) is 0. The van der Waals surface area contributed by atoms with Crippen molar-refractivity contribution in [2.24, 2.45) is 0 Å². The van der Waals surface area contributed by atoms with Crippen LogP contribution in [-0.4, -0.2) is 0 Å². The van der Waals surface area contributed by atoms with Crippen molar-refractivity contribution in [3.63, 3.8) is 0 Å². The van der Waals surface area contributed by atoms with Gasteiger partial charge in [0.1, 0.15) is 0 Å². The van der Waals surface area contributed by atoms with Crippen molar-refractivity contribution in [2.45, 2.75) is 86.0 Å². The summed E-state index contributed by atoms with van der Waals surface area (Å²) in [6.45, 7) is 10.9. The van der Waals surface area contributed by atoms with E-state index >= 15 is 0 Å². The molecule has 0 aliphatic rings. The van der Waals surface area contributed by atoms with Crippen molar-refractivity contribution in [3.8, 4) is 0 Å². The Labute approximate surface area is 177 Å². The van der Waals surface area contributed by atoms with Crippen LogP contribution in [0.15, 0.2) is 48.5 Å². The minimum Gasteiger partial charge on any atom is -0.320 e. The topological polar surface area (TPSA) is 0 Å². The molecule has 0 N–H and O–H groups in total. The molecule has 2 aromatic rings. The minimum absolute atomic E-state index is 0. The van der Waals surface area contributed by atoms with Gasteiger partial charge in [-0.2, -0.15) is 55.7 Å². The minimum atomic E-state index is 0. The molecule has 0 spiro atoms. The molecule has 0 amide bonds. The van der Waals surface area contributed by atoms with E-state index in [0.717, 1.165) is 0 Å². The fraction of sp³-hybridized carbons (Fsp3) is 0.542. The quantitative estimate of drug-likeness (QED) is 0.299. The van der Waals surface area contributed by atoms with Crippen LogP contribution in [0.4, 0.5) is 0 Å². The first kappa shape index (κ1) is 26.8. The molecule has 139 valence electrons. The first-order valence-electron chi connectivity index (χ1n) is 9.72. The van der Waals surface area contributed by atoms with Gasteiger partial charge in [-0.3, -0.25) is 0 Å². The van der Waals surface area contributed by atoms with E-state index in [9.17, 15) is 0 Å². The summed E-state index contributed by atoms with van der Waals surface area (Å²) in [5.41, 5.74) is 2.69. The van der Waals surface area contributed by atoms with E-state index in [1.54, 1.807) is 5.92 Å². The van der Waals surface area contributed by atoms with Crippen LogP contribution in [0.5, 0.6) is 0 Å². The number of hydrogen-bond donors (Lipinski definition) is 0. The average Bonchev–Trinajstić information content (AvgIpc) is 3.21. The monoisotopic (exact) mass is 417 g/mol. The van der Waals surface area contributed by atoms with Gasteiger partial charge in [-0.05, 0) is 0 Å². The van der Waals surface area contributed by atoms with E-state index < -0.39 is 0 Å². The molecular weight excluding hydrogens is 379 g/mol. The zero-order valence-corrected chi connectivity index (χ0v) is 19.7. The Kier molecular flexibility index (Phi) is 21.3. The van der Waals surface area contributed by atoms with Crippen molar-refractivity contribution in [3.05, 3.63) is 65.6 Å². The van der Waals surface area contributed by atoms with Gasteiger partial charge in [0, 0.05) is 0 Å². The average molecular weight is 419 g/mol. The van der Waals surface area contributed by atoms with Crippen molar-refractivity contribution < 1.29 is 26.2 Å². The van der Waals surface area contributed by atoms with Crippen LogP contribution in [-0.2, 0) is 26.2 Å². The first-order chi connectivity index (χ1) is 11.6. The van der Waals surface area contributed by atoms with Crippen LogP contribution in [0.1, 0.15) is 83.3 Å². The normalized spacial score (nSPS) is 9.52. The molecule has 0 heterocycles. The largest absolute Gasteiger partial charge is 3.00 e.